The molecule has 2 rings (SSSR count). The molecule has 2 aromatic rings. The summed E-state index contributed by atoms with van der Waals surface area (Å²) in [7, 11) is 3.90. The maximum Gasteiger partial charge on any atom is 0.255 e. The van der Waals surface area contributed by atoms with Crippen LogP contribution in [0, 0.1) is 0 Å². The van der Waals surface area contributed by atoms with Crippen LogP contribution in [0.15, 0.2) is 46.2 Å². The first-order valence-corrected chi connectivity index (χ1v) is 6.21. The Hall–Kier alpha value is -1.81. The molecule has 17 heavy (non-hydrogen) atoms. The molecule has 4 heteroatoms. The van der Waals surface area contributed by atoms with E-state index >= 15 is 0 Å². The summed E-state index contributed by atoms with van der Waals surface area (Å²) in [6.45, 7) is 0. The molecule has 2 heterocycles. The van der Waals surface area contributed by atoms with E-state index in [9.17, 15) is 4.79 Å². The van der Waals surface area contributed by atoms with Crippen LogP contribution in [-0.2, 0) is 0 Å². The highest BCUT2D eigenvalue weighted by molar-refractivity contribution is 7.08. The summed E-state index contributed by atoms with van der Waals surface area (Å²) in [5.74, 6) is 0. The maximum atomic E-state index is 11.9. The second kappa shape index (κ2) is 5.01. The van der Waals surface area contributed by atoms with Gasteiger partial charge in [0.25, 0.3) is 5.56 Å². The van der Waals surface area contributed by atoms with Crippen molar-refractivity contribution in [3.8, 4) is 5.69 Å². The molecule has 0 aliphatic rings. The first-order valence-electron chi connectivity index (χ1n) is 5.27. The van der Waals surface area contributed by atoms with Crippen LogP contribution in [-0.4, -0.2) is 23.6 Å². The van der Waals surface area contributed by atoms with Gasteiger partial charge in [-0.3, -0.25) is 9.36 Å². The lowest BCUT2D eigenvalue weighted by Gasteiger charge is -2.05. The Morgan fingerprint density at radius 1 is 1.35 bits per heavy atom. The van der Waals surface area contributed by atoms with Crippen molar-refractivity contribution in [2.24, 2.45) is 0 Å². The van der Waals surface area contributed by atoms with Crippen LogP contribution < -0.4 is 5.56 Å². The van der Waals surface area contributed by atoms with E-state index in [1.807, 2.05) is 54.2 Å². The summed E-state index contributed by atoms with van der Waals surface area (Å²) in [6.07, 6.45) is 5.64. The molecule has 0 saturated heterocycles. The van der Waals surface area contributed by atoms with Gasteiger partial charge >= 0.3 is 0 Å². The predicted octanol–water partition coefficient (Wildman–Crippen LogP) is 2.43. The van der Waals surface area contributed by atoms with Gasteiger partial charge in [-0.1, -0.05) is 0 Å². The number of hydrogen-bond acceptors (Lipinski definition) is 3. The number of thiophene rings is 1. The molecular weight excluding hydrogens is 232 g/mol. The topological polar surface area (TPSA) is 25.2 Å². The van der Waals surface area contributed by atoms with Gasteiger partial charge in [0.2, 0.25) is 0 Å². The van der Waals surface area contributed by atoms with Crippen molar-refractivity contribution in [2.45, 2.75) is 0 Å². The molecule has 88 valence electrons. The third kappa shape index (κ3) is 2.85. The van der Waals surface area contributed by atoms with E-state index in [0.29, 0.717) is 0 Å². The molecule has 0 N–H and O–H groups in total. The Labute approximate surface area is 104 Å². The van der Waals surface area contributed by atoms with E-state index < -0.39 is 0 Å². The first kappa shape index (κ1) is 11.7. The molecule has 0 amide bonds. The Kier molecular flexibility index (Phi) is 3.44. The molecule has 0 spiro atoms. The van der Waals surface area contributed by atoms with E-state index in [1.54, 1.807) is 28.2 Å². The third-order valence-corrected chi connectivity index (χ3v) is 2.96. The summed E-state index contributed by atoms with van der Waals surface area (Å²) in [5, 5.41) is 3.92. The van der Waals surface area contributed by atoms with Crippen molar-refractivity contribution in [3.05, 3.63) is 57.3 Å². The molecule has 3 nitrogen and oxygen atoms in total. The monoisotopic (exact) mass is 246 g/mol. The van der Waals surface area contributed by atoms with Crippen LogP contribution in [0.5, 0.6) is 0 Å². The molecule has 0 saturated carbocycles. The Morgan fingerprint density at radius 3 is 2.76 bits per heavy atom. The first-order chi connectivity index (χ1) is 8.16. The fourth-order valence-corrected chi connectivity index (χ4v) is 2.07. The molecule has 0 unspecified atom stereocenters. The Bertz CT molecular complexity index is 567. The SMILES string of the molecule is CN(C)/C=C/c1ccn(-c2ccsc2)c(=O)c1. The lowest BCUT2D eigenvalue weighted by atomic mass is 10.2. The molecule has 0 atom stereocenters. The van der Waals surface area contributed by atoms with Crippen molar-refractivity contribution < 1.29 is 0 Å². The van der Waals surface area contributed by atoms with Gasteiger partial charge in [-0.15, -0.1) is 0 Å². The van der Waals surface area contributed by atoms with E-state index in [0.717, 1.165) is 11.3 Å². The summed E-state index contributed by atoms with van der Waals surface area (Å²) in [6, 6.07) is 5.50. The Morgan fingerprint density at radius 2 is 2.18 bits per heavy atom. The summed E-state index contributed by atoms with van der Waals surface area (Å²) >= 11 is 1.58. The molecule has 0 aliphatic carbocycles. The molecule has 2 aromatic heterocycles. The van der Waals surface area contributed by atoms with Gasteiger partial charge in [0, 0.05) is 31.7 Å². The lowest BCUT2D eigenvalue weighted by molar-refractivity contribution is 0.567. The minimum absolute atomic E-state index is 0.00990. The van der Waals surface area contributed by atoms with E-state index in [-0.39, 0.29) is 5.56 Å². The van der Waals surface area contributed by atoms with E-state index in [2.05, 4.69) is 0 Å². The van der Waals surface area contributed by atoms with E-state index in [4.69, 9.17) is 0 Å². The van der Waals surface area contributed by atoms with Crippen molar-refractivity contribution in [3.63, 3.8) is 0 Å². The summed E-state index contributed by atoms with van der Waals surface area (Å²) < 4.78 is 1.64. The lowest BCUT2D eigenvalue weighted by Crippen LogP contribution is -2.15. The second-order valence-electron chi connectivity index (χ2n) is 3.93. The minimum atomic E-state index is -0.00990. The highest BCUT2D eigenvalue weighted by atomic mass is 32.1. The van der Waals surface area contributed by atoms with Gasteiger partial charge in [-0.25, -0.2) is 0 Å². The molecule has 0 fully saturated rings. The number of hydrogen-bond donors (Lipinski definition) is 0. The standard InChI is InChI=1S/C13H14N2OS/c1-14(2)6-3-11-4-7-15(13(16)9-11)12-5-8-17-10-12/h3-10H,1-2H3/b6-3+. The molecule has 0 bridgehead atoms. The average Bonchev–Trinajstić information content (AvgIpc) is 2.79. The van der Waals surface area contributed by atoms with Gasteiger partial charge in [-0.05, 0) is 35.4 Å². The van der Waals surface area contributed by atoms with Crippen LogP contribution in [0.2, 0.25) is 0 Å². The third-order valence-electron chi connectivity index (χ3n) is 2.29. The number of nitrogens with zero attached hydrogens (tertiary/aromatic N) is 2. The number of aromatic nitrogens is 1. The van der Waals surface area contributed by atoms with Gasteiger partial charge in [-0.2, -0.15) is 11.3 Å². The Balaban J connectivity index is 2.33. The smallest absolute Gasteiger partial charge is 0.255 e. The highest BCUT2D eigenvalue weighted by Crippen LogP contribution is 2.10. The van der Waals surface area contributed by atoms with Gasteiger partial charge in [0.05, 0.1) is 5.69 Å². The van der Waals surface area contributed by atoms with Crippen LogP contribution in [0.1, 0.15) is 5.56 Å². The largest absolute Gasteiger partial charge is 0.383 e. The fourth-order valence-electron chi connectivity index (χ4n) is 1.44. The zero-order chi connectivity index (χ0) is 12.3. The number of pyridine rings is 1. The van der Waals surface area contributed by atoms with Crippen molar-refractivity contribution >= 4 is 17.4 Å². The zero-order valence-electron chi connectivity index (χ0n) is 9.83. The molecular formula is C13H14N2OS. The van der Waals surface area contributed by atoms with Crippen LogP contribution >= 0.6 is 11.3 Å². The molecule has 0 aliphatic heterocycles. The van der Waals surface area contributed by atoms with Gasteiger partial charge in [0.1, 0.15) is 0 Å². The minimum Gasteiger partial charge on any atom is -0.383 e. The highest BCUT2D eigenvalue weighted by Gasteiger charge is 1.99. The van der Waals surface area contributed by atoms with Crippen molar-refractivity contribution in [2.75, 3.05) is 14.1 Å². The summed E-state index contributed by atoms with van der Waals surface area (Å²) in [5.41, 5.74) is 1.82. The normalized spacial score (nSPS) is 10.9. The zero-order valence-corrected chi connectivity index (χ0v) is 10.6. The van der Waals surface area contributed by atoms with Crippen LogP contribution in [0.25, 0.3) is 11.8 Å². The van der Waals surface area contributed by atoms with Gasteiger partial charge in [0.15, 0.2) is 0 Å². The second-order valence-corrected chi connectivity index (χ2v) is 4.71. The van der Waals surface area contributed by atoms with Gasteiger partial charge < -0.3 is 4.90 Å². The predicted molar refractivity (Wildman–Crippen MR) is 72.6 cm³/mol. The summed E-state index contributed by atoms with van der Waals surface area (Å²) in [4.78, 5) is 13.8. The van der Waals surface area contributed by atoms with Crippen molar-refractivity contribution in [1.82, 2.24) is 9.47 Å². The average molecular weight is 246 g/mol. The maximum absolute atomic E-state index is 11.9. The quantitative estimate of drug-likeness (QED) is 0.831. The fraction of sp³-hybridized carbons (Fsp3) is 0.154. The van der Waals surface area contributed by atoms with Crippen LogP contribution in [0.4, 0.5) is 0 Å². The molecule has 0 radical (unpaired) electrons. The van der Waals surface area contributed by atoms with Crippen molar-refractivity contribution in [1.29, 1.82) is 0 Å². The van der Waals surface area contributed by atoms with Crippen LogP contribution in [0.3, 0.4) is 0 Å². The molecule has 0 aromatic carbocycles. The number of rotatable bonds is 3. The van der Waals surface area contributed by atoms with E-state index in [1.165, 1.54) is 0 Å².